The maximum atomic E-state index is 11.5. The second-order valence-electron chi connectivity index (χ2n) is 4.71. The Morgan fingerprint density at radius 1 is 1.25 bits per heavy atom. The van der Waals surface area contributed by atoms with Gasteiger partial charge in [0, 0.05) is 17.6 Å². The Kier molecular flexibility index (Phi) is 5.97. The molecule has 126 valence electrons. The monoisotopic (exact) mass is 350 g/mol. The van der Waals surface area contributed by atoms with Gasteiger partial charge >= 0.3 is 5.97 Å². The highest BCUT2D eigenvalue weighted by Crippen LogP contribution is 2.25. The molecule has 0 radical (unpaired) electrons. The van der Waals surface area contributed by atoms with Gasteiger partial charge in [-0.3, -0.25) is 10.1 Å². The molecule has 7 nitrogen and oxygen atoms in total. The van der Waals surface area contributed by atoms with E-state index in [2.05, 4.69) is 10.1 Å². The van der Waals surface area contributed by atoms with Crippen molar-refractivity contribution in [1.82, 2.24) is 0 Å². The Hall–Kier alpha value is -2.80. The van der Waals surface area contributed by atoms with Crippen LogP contribution in [0.25, 0.3) is 0 Å². The lowest BCUT2D eigenvalue weighted by molar-refractivity contribution is -0.384. The molecule has 0 unspecified atom stereocenters. The molecule has 0 fully saturated rings. The van der Waals surface area contributed by atoms with Gasteiger partial charge in [0.15, 0.2) is 0 Å². The highest BCUT2D eigenvalue weighted by Gasteiger charge is 2.16. The van der Waals surface area contributed by atoms with Crippen molar-refractivity contribution in [1.29, 1.82) is 0 Å². The van der Waals surface area contributed by atoms with Crippen LogP contribution in [-0.4, -0.2) is 31.2 Å². The average molecular weight is 351 g/mol. The summed E-state index contributed by atoms with van der Waals surface area (Å²) in [7, 11) is 1.25. The molecule has 0 amide bonds. The first-order valence-corrected chi connectivity index (χ1v) is 7.38. The van der Waals surface area contributed by atoms with Crippen LogP contribution in [0.15, 0.2) is 42.5 Å². The van der Waals surface area contributed by atoms with Gasteiger partial charge < -0.3 is 14.8 Å². The number of carbonyl (C=O) groups excluding carboxylic acids is 1. The number of hydrogen-bond donors (Lipinski definition) is 1. The molecule has 8 heteroatoms. The summed E-state index contributed by atoms with van der Waals surface area (Å²) in [4.78, 5) is 22.1. The molecular formula is C16H15ClN2O5. The zero-order valence-electron chi connectivity index (χ0n) is 12.8. The molecule has 0 aliphatic rings. The van der Waals surface area contributed by atoms with Crippen molar-refractivity contribution in [3.8, 4) is 5.75 Å². The highest BCUT2D eigenvalue weighted by molar-refractivity contribution is 6.30. The molecule has 0 spiro atoms. The Balaban J connectivity index is 2.00. The minimum absolute atomic E-state index is 0.130. The third-order valence-corrected chi connectivity index (χ3v) is 3.37. The van der Waals surface area contributed by atoms with E-state index in [-0.39, 0.29) is 23.5 Å². The quantitative estimate of drug-likeness (QED) is 0.355. The number of hydrogen-bond acceptors (Lipinski definition) is 6. The second kappa shape index (κ2) is 8.16. The van der Waals surface area contributed by atoms with Crippen LogP contribution in [0.3, 0.4) is 0 Å². The number of benzene rings is 2. The van der Waals surface area contributed by atoms with Crippen LogP contribution in [0.2, 0.25) is 5.02 Å². The van der Waals surface area contributed by atoms with Gasteiger partial charge in [0.25, 0.3) is 5.69 Å². The van der Waals surface area contributed by atoms with E-state index in [0.717, 1.165) is 0 Å². The van der Waals surface area contributed by atoms with E-state index in [1.54, 1.807) is 24.3 Å². The van der Waals surface area contributed by atoms with Crippen molar-refractivity contribution < 1.29 is 19.2 Å². The fourth-order valence-electron chi connectivity index (χ4n) is 1.97. The minimum Gasteiger partial charge on any atom is -0.492 e. The average Bonchev–Trinajstić information content (AvgIpc) is 2.59. The zero-order chi connectivity index (χ0) is 17.5. The smallest absolute Gasteiger partial charge is 0.337 e. The summed E-state index contributed by atoms with van der Waals surface area (Å²) < 4.78 is 10.1. The first-order chi connectivity index (χ1) is 11.5. The number of halogens is 1. The number of carbonyl (C=O) groups is 1. The van der Waals surface area contributed by atoms with Gasteiger partial charge in [0.1, 0.15) is 18.0 Å². The number of nitrogens with zero attached hydrogens (tertiary/aromatic N) is 1. The van der Waals surface area contributed by atoms with Crippen LogP contribution in [0.1, 0.15) is 10.4 Å². The molecule has 1 N–H and O–H groups in total. The lowest BCUT2D eigenvalue weighted by atomic mass is 10.1. The Bertz CT molecular complexity index is 734. The second-order valence-corrected chi connectivity index (χ2v) is 5.15. The minimum atomic E-state index is -0.564. The molecule has 0 aliphatic carbocycles. The summed E-state index contributed by atoms with van der Waals surface area (Å²) in [5.74, 6) is 0.0735. The molecule has 0 saturated heterocycles. The van der Waals surface area contributed by atoms with Gasteiger partial charge in [-0.15, -0.1) is 0 Å². The summed E-state index contributed by atoms with van der Waals surface area (Å²) >= 11 is 5.78. The molecule has 2 rings (SSSR count). The summed E-state index contributed by atoms with van der Waals surface area (Å²) in [5.41, 5.74) is 0.320. The Morgan fingerprint density at radius 2 is 1.96 bits per heavy atom. The van der Waals surface area contributed by atoms with Gasteiger partial charge in [-0.2, -0.15) is 0 Å². The molecule has 0 heterocycles. The van der Waals surface area contributed by atoms with E-state index in [0.29, 0.717) is 17.3 Å². The number of anilines is 1. The van der Waals surface area contributed by atoms with Crippen LogP contribution >= 0.6 is 11.6 Å². The lowest BCUT2D eigenvalue weighted by Gasteiger charge is -2.10. The van der Waals surface area contributed by atoms with Gasteiger partial charge in [-0.05, 0) is 36.4 Å². The predicted molar refractivity (Wildman–Crippen MR) is 89.9 cm³/mol. The normalized spacial score (nSPS) is 10.1. The number of rotatable bonds is 7. The van der Waals surface area contributed by atoms with Crippen LogP contribution in [-0.2, 0) is 4.74 Å². The van der Waals surface area contributed by atoms with Crippen molar-refractivity contribution in [2.45, 2.75) is 0 Å². The zero-order valence-corrected chi connectivity index (χ0v) is 13.6. The van der Waals surface area contributed by atoms with Gasteiger partial charge in [-0.1, -0.05) is 11.6 Å². The third-order valence-electron chi connectivity index (χ3n) is 3.11. The summed E-state index contributed by atoms with van der Waals surface area (Å²) in [6.45, 7) is 0.593. The van der Waals surface area contributed by atoms with E-state index in [1.165, 1.54) is 25.3 Å². The van der Waals surface area contributed by atoms with Crippen molar-refractivity contribution in [2.75, 3.05) is 25.6 Å². The van der Waals surface area contributed by atoms with Crippen molar-refractivity contribution in [2.24, 2.45) is 0 Å². The van der Waals surface area contributed by atoms with Crippen LogP contribution in [0.4, 0.5) is 11.4 Å². The first kappa shape index (κ1) is 17.6. The number of nitro benzene ring substituents is 1. The van der Waals surface area contributed by atoms with Gasteiger partial charge in [0.05, 0.1) is 17.6 Å². The van der Waals surface area contributed by atoms with E-state index < -0.39 is 10.9 Å². The molecule has 2 aromatic carbocycles. The maximum absolute atomic E-state index is 11.5. The van der Waals surface area contributed by atoms with Crippen LogP contribution < -0.4 is 10.1 Å². The van der Waals surface area contributed by atoms with E-state index in [4.69, 9.17) is 16.3 Å². The molecule has 0 bridgehead atoms. The molecule has 0 atom stereocenters. The lowest BCUT2D eigenvalue weighted by Crippen LogP contribution is -2.13. The van der Waals surface area contributed by atoms with Crippen molar-refractivity contribution >= 4 is 28.9 Å². The van der Waals surface area contributed by atoms with E-state index in [9.17, 15) is 14.9 Å². The summed E-state index contributed by atoms with van der Waals surface area (Å²) in [5, 5.41) is 14.6. The molecule has 2 aromatic rings. The number of nitro groups is 1. The Morgan fingerprint density at radius 3 is 2.58 bits per heavy atom. The first-order valence-electron chi connectivity index (χ1n) is 7.00. The van der Waals surface area contributed by atoms with Crippen LogP contribution in [0, 0.1) is 10.1 Å². The molecule has 0 aliphatic heterocycles. The van der Waals surface area contributed by atoms with Crippen LogP contribution in [0.5, 0.6) is 5.75 Å². The predicted octanol–water partition coefficient (Wildman–Crippen LogP) is 3.53. The third kappa shape index (κ3) is 4.60. The van der Waals surface area contributed by atoms with Crippen molar-refractivity contribution in [3.63, 3.8) is 0 Å². The number of nitrogens with one attached hydrogen (secondary N) is 1. The SMILES string of the molecule is COC(=O)c1ccc([N+](=O)[O-])c(NCCOc2ccc(Cl)cc2)c1. The number of ether oxygens (including phenoxy) is 2. The topological polar surface area (TPSA) is 90.7 Å². The molecule has 0 aromatic heterocycles. The fraction of sp³-hybridized carbons (Fsp3) is 0.188. The maximum Gasteiger partial charge on any atom is 0.337 e. The summed E-state index contributed by atoms with van der Waals surface area (Å²) in [6.07, 6.45) is 0. The molecule has 0 saturated carbocycles. The molecular weight excluding hydrogens is 336 g/mol. The summed E-state index contributed by atoms with van der Waals surface area (Å²) in [6, 6.07) is 10.8. The van der Waals surface area contributed by atoms with Gasteiger partial charge in [0.2, 0.25) is 0 Å². The van der Waals surface area contributed by atoms with E-state index >= 15 is 0 Å². The molecule has 24 heavy (non-hydrogen) atoms. The largest absolute Gasteiger partial charge is 0.492 e. The standard InChI is InChI=1S/C16H15ClN2O5/c1-23-16(20)11-2-7-15(19(21)22)14(10-11)18-8-9-24-13-5-3-12(17)4-6-13/h2-7,10,18H,8-9H2,1H3. The number of esters is 1. The van der Waals surface area contributed by atoms with E-state index in [1.807, 2.05) is 0 Å². The van der Waals surface area contributed by atoms with Crippen molar-refractivity contribution in [3.05, 3.63) is 63.2 Å². The highest BCUT2D eigenvalue weighted by atomic mass is 35.5. The fourth-order valence-corrected chi connectivity index (χ4v) is 2.09. The number of methoxy groups -OCH3 is 1. The Labute approximate surface area is 143 Å². The van der Waals surface area contributed by atoms with Gasteiger partial charge in [-0.25, -0.2) is 4.79 Å².